The molecule has 0 radical (unpaired) electrons. The Morgan fingerprint density at radius 1 is 1.25 bits per heavy atom. The molecule has 0 bridgehead atoms. The van der Waals surface area contributed by atoms with Crippen LogP contribution in [0.25, 0.3) is 0 Å². The van der Waals surface area contributed by atoms with Crippen LogP contribution < -0.4 is 0 Å². The van der Waals surface area contributed by atoms with E-state index in [9.17, 15) is 15.0 Å². The first-order valence-electron chi connectivity index (χ1n) is 10.9. The van der Waals surface area contributed by atoms with Crippen molar-refractivity contribution in [2.45, 2.75) is 116 Å². The fourth-order valence-electron chi connectivity index (χ4n) is 4.64. The van der Waals surface area contributed by atoms with Gasteiger partial charge in [-0.15, -0.1) is 0 Å². The van der Waals surface area contributed by atoms with Gasteiger partial charge in [0.1, 0.15) is 17.4 Å². The summed E-state index contributed by atoms with van der Waals surface area (Å²) >= 11 is 0. The average Bonchev–Trinajstić information content (AvgIpc) is 2.84. The van der Waals surface area contributed by atoms with E-state index in [0.29, 0.717) is 12.3 Å². The SMILES string of the molecule is CC(CO)CC(O)C1OC(C)(C)N(C(=O)OC(C)(C)C)C1CC1CCCCC1. The van der Waals surface area contributed by atoms with Crippen LogP contribution in [0, 0.1) is 11.8 Å². The lowest BCUT2D eigenvalue weighted by Crippen LogP contribution is -2.51. The lowest BCUT2D eigenvalue weighted by atomic mass is 9.82. The first-order valence-corrected chi connectivity index (χ1v) is 10.9. The molecule has 2 rings (SSSR count). The van der Waals surface area contributed by atoms with E-state index in [4.69, 9.17) is 9.47 Å². The normalized spacial score (nSPS) is 28.2. The fourth-order valence-corrected chi connectivity index (χ4v) is 4.64. The van der Waals surface area contributed by atoms with Crippen molar-refractivity contribution in [1.82, 2.24) is 4.90 Å². The maximum absolute atomic E-state index is 13.1. The van der Waals surface area contributed by atoms with E-state index in [1.54, 1.807) is 4.90 Å². The molecule has 28 heavy (non-hydrogen) atoms. The molecule has 0 aromatic heterocycles. The van der Waals surface area contributed by atoms with Gasteiger partial charge in [-0.25, -0.2) is 4.79 Å². The van der Waals surface area contributed by atoms with E-state index >= 15 is 0 Å². The summed E-state index contributed by atoms with van der Waals surface area (Å²) in [5, 5.41) is 20.3. The maximum Gasteiger partial charge on any atom is 0.412 e. The summed E-state index contributed by atoms with van der Waals surface area (Å²) < 4.78 is 11.9. The molecule has 1 aliphatic heterocycles. The number of carbonyl (C=O) groups is 1. The second kappa shape index (κ2) is 9.31. The predicted molar refractivity (Wildman–Crippen MR) is 109 cm³/mol. The van der Waals surface area contributed by atoms with Crippen molar-refractivity contribution in [2.24, 2.45) is 11.8 Å². The molecule has 2 aliphatic rings. The van der Waals surface area contributed by atoms with Gasteiger partial charge in [0.05, 0.1) is 12.1 Å². The van der Waals surface area contributed by atoms with E-state index in [2.05, 4.69) is 0 Å². The van der Waals surface area contributed by atoms with Crippen LogP contribution >= 0.6 is 0 Å². The standard InChI is InChI=1S/C22H41NO5/c1-15(14-24)12-18(25)19-17(13-16-10-8-7-9-11-16)23(22(5,6)27-19)20(26)28-21(2,3)4/h15-19,24-25H,7-14H2,1-6H3. The maximum atomic E-state index is 13.1. The van der Waals surface area contributed by atoms with Crippen molar-refractivity contribution < 1.29 is 24.5 Å². The zero-order valence-electron chi connectivity index (χ0n) is 18.6. The largest absolute Gasteiger partial charge is 0.444 e. The molecule has 1 heterocycles. The van der Waals surface area contributed by atoms with Crippen molar-refractivity contribution in [2.75, 3.05) is 6.61 Å². The molecule has 6 nitrogen and oxygen atoms in total. The van der Waals surface area contributed by atoms with Crippen molar-refractivity contribution in [3.63, 3.8) is 0 Å². The van der Waals surface area contributed by atoms with E-state index in [0.717, 1.165) is 19.3 Å². The predicted octanol–water partition coefficient (Wildman–Crippen LogP) is 4.08. The number of nitrogens with zero attached hydrogens (tertiary/aromatic N) is 1. The Morgan fingerprint density at radius 3 is 2.39 bits per heavy atom. The fraction of sp³-hybridized carbons (Fsp3) is 0.955. The lowest BCUT2D eigenvalue weighted by Gasteiger charge is -2.37. The summed E-state index contributed by atoms with van der Waals surface area (Å²) in [7, 11) is 0. The van der Waals surface area contributed by atoms with Crippen LogP contribution in [0.2, 0.25) is 0 Å². The molecule has 6 heteroatoms. The third kappa shape index (κ3) is 6.07. The third-order valence-electron chi connectivity index (χ3n) is 5.94. The van der Waals surface area contributed by atoms with Gasteiger partial charge in [0.15, 0.2) is 0 Å². The van der Waals surface area contributed by atoms with E-state index < -0.39 is 23.5 Å². The number of aliphatic hydroxyl groups excluding tert-OH is 2. The molecule has 0 spiro atoms. The van der Waals surface area contributed by atoms with Crippen LogP contribution in [0.4, 0.5) is 4.79 Å². The minimum Gasteiger partial charge on any atom is -0.444 e. The summed E-state index contributed by atoms with van der Waals surface area (Å²) in [4.78, 5) is 14.8. The Hall–Kier alpha value is -0.850. The van der Waals surface area contributed by atoms with Crippen LogP contribution in [0.1, 0.15) is 86.5 Å². The quantitative estimate of drug-likeness (QED) is 0.704. The van der Waals surface area contributed by atoms with Crippen LogP contribution in [-0.4, -0.2) is 57.4 Å². The zero-order chi connectivity index (χ0) is 21.1. The topological polar surface area (TPSA) is 79.2 Å². The van der Waals surface area contributed by atoms with Gasteiger partial charge in [-0.1, -0.05) is 39.0 Å². The minimum absolute atomic E-state index is 0.0207. The van der Waals surface area contributed by atoms with Crippen molar-refractivity contribution >= 4 is 6.09 Å². The van der Waals surface area contributed by atoms with Crippen LogP contribution in [0.5, 0.6) is 0 Å². The van der Waals surface area contributed by atoms with Gasteiger partial charge in [-0.3, -0.25) is 4.90 Å². The van der Waals surface area contributed by atoms with Gasteiger partial charge in [0.2, 0.25) is 0 Å². The molecule has 0 aromatic rings. The first kappa shape index (κ1) is 23.4. The molecule has 2 fully saturated rings. The molecule has 4 unspecified atom stereocenters. The molecular weight excluding hydrogens is 358 g/mol. The molecule has 4 atom stereocenters. The minimum atomic E-state index is -0.851. The van der Waals surface area contributed by atoms with Gasteiger partial charge in [-0.05, 0) is 59.3 Å². The van der Waals surface area contributed by atoms with E-state index in [1.807, 2.05) is 41.5 Å². The van der Waals surface area contributed by atoms with E-state index in [-0.39, 0.29) is 24.7 Å². The van der Waals surface area contributed by atoms with Crippen molar-refractivity contribution in [3.05, 3.63) is 0 Å². The summed E-state index contributed by atoms with van der Waals surface area (Å²) in [6, 6.07) is -0.228. The lowest BCUT2D eigenvalue weighted by molar-refractivity contribution is -0.106. The smallest absolute Gasteiger partial charge is 0.412 e. The second-order valence-corrected chi connectivity index (χ2v) is 10.3. The number of carbonyl (C=O) groups excluding carboxylic acids is 1. The molecular formula is C22H41NO5. The molecule has 1 saturated heterocycles. The highest BCUT2D eigenvalue weighted by Crippen LogP contribution is 2.41. The average molecular weight is 400 g/mol. The number of rotatable bonds is 6. The van der Waals surface area contributed by atoms with Gasteiger partial charge < -0.3 is 19.7 Å². The zero-order valence-corrected chi connectivity index (χ0v) is 18.6. The molecule has 0 aromatic carbocycles. The number of amides is 1. The molecule has 2 N–H and O–H groups in total. The summed E-state index contributed by atoms with van der Waals surface area (Å²) in [6.45, 7) is 11.3. The Bertz CT molecular complexity index is 510. The van der Waals surface area contributed by atoms with Gasteiger partial charge in [0, 0.05) is 6.61 Å². The highest BCUT2D eigenvalue weighted by atomic mass is 16.6. The summed E-state index contributed by atoms with van der Waals surface area (Å²) in [5.41, 5.74) is -1.44. The molecule has 164 valence electrons. The number of hydrogen-bond acceptors (Lipinski definition) is 5. The van der Waals surface area contributed by atoms with Crippen molar-refractivity contribution in [1.29, 1.82) is 0 Å². The van der Waals surface area contributed by atoms with Gasteiger partial charge in [0.25, 0.3) is 0 Å². The van der Waals surface area contributed by atoms with Gasteiger partial charge >= 0.3 is 6.09 Å². The first-order chi connectivity index (χ1) is 12.9. The summed E-state index contributed by atoms with van der Waals surface area (Å²) in [6.07, 6.45) is 5.72. The van der Waals surface area contributed by atoms with Crippen molar-refractivity contribution in [3.8, 4) is 0 Å². The van der Waals surface area contributed by atoms with Gasteiger partial charge in [-0.2, -0.15) is 0 Å². The number of hydrogen-bond donors (Lipinski definition) is 2. The summed E-state index contributed by atoms with van der Waals surface area (Å²) in [5.74, 6) is 0.513. The van der Waals surface area contributed by atoms with Crippen LogP contribution in [0.15, 0.2) is 0 Å². The molecule has 1 aliphatic carbocycles. The monoisotopic (exact) mass is 399 g/mol. The third-order valence-corrected chi connectivity index (χ3v) is 5.94. The van der Waals surface area contributed by atoms with Crippen LogP contribution in [0.3, 0.4) is 0 Å². The number of ether oxygens (including phenoxy) is 2. The molecule has 1 saturated carbocycles. The Kier molecular flexibility index (Phi) is 7.79. The Labute approximate surface area is 170 Å². The van der Waals surface area contributed by atoms with Crippen LogP contribution in [-0.2, 0) is 9.47 Å². The highest BCUT2D eigenvalue weighted by Gasteiger charge is 2.53. The van der Waals surface area contributed by atoms with E-state index in [1.165, 1.54) is 19.3 Å². The number of aliphatic hydroxyl groups is 2. The second-order valence-electron chi connectivity index (χ2n) is 10.3. The molecule has 1 amide bonds. The highest BCUT2D eigenvalue weighted by molar-refractivity contribution is 5.70. The Balaban J connectivity index is 2.26. The Morgan fingerprint density at radius 2 is 1.86 bits per heavy atom.